The highest BCUT2D eigenvalue weighted by Crippen LogP contribution is 2.55. The van der Waals surface area contributed by atoms with Crippen molar-refractivity contribution in [3.8, 4) is 17.6 Å². The van der Waals surface area contributed by atoms with Crippen LogP contribution in [0.3, 0.4) is 0 Å². The predicted molar refractivity (Wildman–Crippen MR) is 343 cm³/mol. The number of aromatic nitrogens is 2. The highest BCUT2D eigenvalue weighted by Gasteiger charge is 2.69. The molecule has 536 valence electrons. The fraction of sp³-hybridized carbons (Fsp3) is 0.696. The van der Waals surface area contributed by atoms with E-state index in [9.17, 15) is 49.5 Å². The van der Waals surface area contributed by atoms with Crippen molar-refractivity contribution >= 4 is 41.9 Å². The summed E-state index contributed by atoms with van der Waals surface area (Å²) >= 11 is 4.94. The number of aliphatic hydroxyl groups is 4. The van der Waals surface area contributed by atoms with Crippen LogP contribution in [-0.4, -0.2) is 239 Å². The number of ketones is 1. The Labute approximate surface area is 572 Å². The summed E-state index contributed by atoms with van der Waals surface area (Å²) in [7, 11) is 1.55. The van der Waals surface area contributed by atoms with Gasteiger partial charge in [0.1, 0.15) is 67.0 Å². The Balaban J connectivity index is 0.660. The van der Waals surface area contributed by atoms with Crippen LogP contribution in [0.2, 0.25) is 0 Å². The molecule has 28 nitrogen and oxygen atoms in total. The first-order valence-corrected chi connectivity index (χ1v) is 34.8. The number of aromatic amines is 1. The summed E-state index contributed by atoms with van der Waals surface area (Å²) in [6.45, 7) is 10.7. The van der Waals surface area contributed by atoms with Crippen molar-refractivity contribution in [2.45, 2.75) is 250 Å². The molecule has 13 rings (SSSR count). The van der Waals surface area contributed by atoms with Crippen LogP contribution in [0, 0.1) is 28.4 Å². The van der Waals surface area contributed by atoms with Gasteiger partial charge in [0, 0.05) is 96.4 Å². The van der Waals surface area contributed by atoms with Gasteiger partial charge in [0.15, 0.2) is 16.7 Å². The van der Waals surface area contributed by atoms with E-state index >= 15 is 0 Å². The molecule has 11 saturated heterocycles. The largest absolute Gasteiger partial charge is 0.479 e. The molecule has 0 saturated carbocycles. The number of carbonyl (C=O) groups is 5. The standard InChI is InChI=1S/C69H91N5O23S/c1-34-22-41-11-14-46-35(2)23-43(88-46)16-17-69-29-52-59(96-69)61-62(93-52)63(97-69)58-48(92-61)15-12-42(90-58)25-39(75)26-44-50(28-49(89-41)36(34)3)91-51(57(44)85-4)27-40(76)32-74-68(84)87-33-37-10-13-47(94-66-56(80)54(78)55(79)60(95-66)65(82)83)45(24-37)64(81)71-19-21-86-20-18-70-53(77)9-7-5-6-8-38-30-72-67(98)73-31-38/h10,13,24,30-31,34,40-44,46,48-52,54-63,66,76,78-80H,2-3,5,7,9,11-12,14-23,25-29,32-33H2,1,4H3,(H,70,77)(H,71,81)(H,74,84)(H,82,83)(H,72,73,98)/t34-,40+,41+,42-,43+,44+,46?,48+,49-,50+,51-,52?,54+,55+,56-,57-,58+,59+,60+,61+,62-,63+,66-,69+/m1/s1. The Morgan fingerprint density at radius 2 is 1.59 bits per heavy atom. The Hall–Kier alpha value is -5.89. The molecule has 12 bridgehead atoms. The maximum absolute atomic E-state index is 14.6. The van der Waals surface area contributed by atoms with Gasteiger partial charge in [-0.05, 0) is 98.3 Å². The molecule has 11 fully saturated rings. The number of carboxylic acid groups (broad SMARTS) is 1. The number of ether oxygens (including phenoxy) is 13. The number of H-pyrrole nitrogens is 1. The first-order valence-electron chi connectivity index (χ1n) is 34.3. The van der Waals surface area contributed by atoms with Crippen molar-refractivity contribution in [2.24, 2.45) is 11.8 Å². The third-order valence-corrected chi connectivity index (χ3v) is 20.8. The van der Waals surface area contributed by atoms with E-state index in [1.807, 2.05) is 0 Å². The van der Waals surface area contributed by atoms with Gasteiger partial charge in [0.05, 0.1) is 91.5 Å². The van der Waals surface area contributed by atoms with Gasteiger partial charge in [-0.15, -0.1) is 0 Å². The van der Waals surface area contributed by atoms with Crippen LogP contribution in [-0.2, 0) is 77.8 Å². The molecule has 9 N–H and O–H groups in total. The third kappa shape index (κ3) is 16.8. The van der Waals surface area contributed by atoms with Crippen LogP contribution in [0.4, 0.5) is 4.79 Å². The van der Waals surface area contributed by atoms with Crippen LogP contribution in [0.5, 0.6) is 5.75 Å². The number of carboxylic acids is 1. The second-order valence-corrected chi connectivity index (χ2v) is 27.9. The van der Waals surface area contributed by atoms with Gasteiger partial charge < -0.3 is 108 Å². The number of nitrogens with zero attached hydrogens (tertiary/aromatic N) is 1. The maximum Gasteiger partial charge on any atom is 0.407 e. The Morgan fingerprint density at radius 1 is 0.827 bits per heavy atom. The molecular weight excluding hydrogens is 1300 g/mol. The molecule has 2 unspecified atom stereocenters. The minimum Gasteiger partial charge on any atom is -0.479 e. The quantitative estimate of drug-likeness (QED) is 0.0398. The third-order valence-electron chi connectivity index (χ3n) is 20.6. The lowest BCUT2D eigenvalue weighted by Crippen LogP contribution is -2.61. The van der Waals surface area contributed by atoms with E-state index in [1.165, 1.54) is 18.2 Å². The van der Waals surface area contributed by atoms with Crippen molar-refractivity contribution in [2.75, 3.05) is 40.0 Å². The number of unbranched alkanes of at least 4 members (excludes halogenated alkanes) is 1. The highest BCUT2D eigenvalue weighted by atomic mass is 32.1. The lowest BCUT2D eigenvalue weighted by molar-refractivity contribution is -0.292. The number of aliphatic hydroxyl groups excluding tert-OH is 4. The van der Waals surface area contributed by atoms with E-state index < -0.39 is 116 Å². The van der Waals surface area contributed by atoms with E-state index in [0.717, 1.165) is 43.3 Å². The molecule has 98 heavy (non-hydrogen) atoms. The Kier molecular flexibility index (Phi) is 23.5. The van der Waals surface area contributed by atoms with Crippen LogP contribution < -0.4 is 20.7 Å². The van der Waals surface area contributed by atoms with E-state index in [2.05, 4.69) is 57.8 Å². The Bertz CT molecular complexity index is 3330. The van der Waals surface area contributed by atoms with Crippen LogP contribution in [0.15, 0.2) is 54.9 Å². The van der Waals surface area contributed by atoms with Crippen LogP contribution in [0.1, 0.15) is 131 Å². The number of fused-ring (bicyclic) bond motifs is 6. The minimum absolute atomic E-state index is 0.00243. The molecule has 0 radical (unpaired) electrons. The molecule has 11 aliphatic heterocycles. The SMILES string of the molecule is C=C1C[C@@H]2CC[C@@]34CC5O[C@H]6[C@@H](O3)[C@H]3O[C@H](CC[C@@H]3O[C@H]6[C@H]5O4)CC(=O)C[C@@H]3[C@@H](OC)[C@@H](C[C@H](O)CNC(=O)OCc4ccc(O[C@@H]5O[C@H](C(=O)O)[C@@H](O)[C@H](O)[C@H]5O)c(C(=O)NCCOCCNC(=O)CCCC#Cc5cnc(=S)[nH]c5)c4)O[C@H]3C[C@H]3O[C@@H](CCC1O2)C[C@@H](C)C3=C. The van der Waals surface area contributed by atoms with Crippen LogP contribution >= 0.6 is 12.2 Å². The predicted octanol–water partition coefficient (Wildman–Crippen LogP) is 3.21. The summed E-state index contributed by atoms with van der Waals surface area (Å²) in [5, 5.41) is 60.9. The summed E-state index contributed by atoms with van der Waals surface area (Å²) in [6.07, 6.45) is -5.87. The zero-order chi connectivity index (χ0) is 68.9. The lowest BCUT2D eigenvalue weighted by Gasteiger charge is -2.47. The molecule has 3 amide bonds. The number of hydrogen-bond donors (Lipinski definition) is 9. The average molecular weight is 1390 g/mol. The molecule has 29 heteroatoms. The summed E-state index contributed by atoms with van der Waals surface area (Å²) in [4.78, 5) is 72.9. The second kappa shape index (κ2) is 32.0. The number of benzene rings is 1. The monoisotopic (exact) mass is 1390 g/mol. The van der Waals surface area contributed by atoms with Crippen molar-refractivity contribution in [1.82, 2.24) is 25.9 Å². The fourth-order valence-corrected chi connectivity index (χ4v) is 15.7. The first kappa shape index (κ1) is 71.9. The van der Waals surface area contributed by atoms with Crippen LogP contribution in [0.25, 0.3) is 0 Å². The molecule has 0 aliphatic carbocycles. The molecule has 2 aromatic rings. The molecule has 12 heterocycles. The average Bonchev–Trinajstić information content (AvgIpc) is 1.55. The number of nitrogens with one attached hydrogen (secondary N) is 4. The molecule has 24 atom stereocenters. The number of alkyl carbamates (subject to hydrolysis) is 1. The molecular formula is C69H91N5O23S. The van der Waals surface area contributed by atoms with Crippen molar-refractivity contribution in [3.05, 3.63) is 76.4 Å². The number of hydrogen-bond acceptors (Lipinski definition) is 24. The van der Waals surface area contributed by atoms with Gasteiger partial charge in [-0.2, -0.15) is 0 Å². The molecule has 1 spiro atoms. The van der Waals surface area contributed by atoms with E-state index in [0.29, 0.717) is 55.3 Å². The number of carbonyl (C=O) groups excluding carboxylic acids is 4. The normalized spacial score (nSPS) is 37.6. The number of methoxy groups -OCH3 is 1. The van der Waals surface area contributed by atoms with Gasteiger partial charge in [-0.3, -0.25) is 14.4 Å². The summed E-state index contributed by atoms with van der Waals surface area (Å²) in [6, 6.07) is 4.02. The zero-order valence-electron chi connectivity index (χ0n) is 55.1. The van der Waals surface area contributed by atoms with Crippen molar-refractivity contribution < 1.29 is 111 Å². The van der Waals surface area contributed by atoms with Gasteiger partial charge >= 0.3 is 12.1 Å². The molecule has 1 aromatic carbocycles. The summed E-state index contributed by atoms with van der Waals surface area (Å²) in [5.41, 5.74) is 2.75. The van der Waals surface area contributed by atoms with Gasteiger partial charge in [0.25, 0.3) is 5.91 Å². The number of rotatable bonds is 20. The lowest BCUT2D eigenvalue weighted by atomic mass is 9.81. The van der Waals surface area contributed by atoms with Gasteiger partial charge in [-0.25, -0.2) is 14.6 Å². The molecule has 11 aliphatic rings. The van der Waals surface area contributed by atoms with E-state index in [4.69, 9.17) is 73.8 Å². The maximum atomic E-state index is 14.6. The second-order valence-electron chi connectivity index (χ2n) is 27.5. The topological polar surface area (TPSA) is 371 Å². The zero-order valence-corrected chi connectivity index (χ0v) is 55.9. The first-order chi connectivity index (χ1) is 47.2. The summed E-state index contributed by atoms with van der Waals surface area (Å²) in [5.74, 6) is 1.87. The van der Waals surface area contributed by atoms with Gasteiger partial charge in [-0.1, -0.05) is 38.0 Å². The molecule has 1 aromatic heterocycles. The highest BCUT2D eigenvalue weighted by molar-refractivity contribution is 7.71. The minimum atomic E-state index is -2.01. The Morgan fingerprint density at radius 3 is 2.39 bits per heavy atom. The van der Waals surface area contributed by atoms with E-state index in [1.54, 1.807) is 19.5 Å². The van der Waals surface area contributed by atoms with Crippen molar-refractivity contribution in [1.29, 1.82) is 0 Å². The number of aliphatic carboxylic acids is 1. The van der Waals surface area contributed by atoms with Gasteiger partial charge in [0.2, 0.25) is 12.2 Å². The summed E-state index contributed by atoms with van der Waals surface area (Å²) < 4.78 is 83.4. The van der Waals surface area contributed by atoms with Crippen molar-refractivity contribution in [3.63, 3.8) is 0 Å². The van der Waals surface area contributed by atoms with E-state index in [-0.39, 0.29) is 142 Å². The number of amides is 3. The number of Topliss-reactive ketones (excluding diaryl/α,β-unsaturated/α-hetero) is 1. The smallest absolute Gasteiger partial charge is 0.407 e. The fourth-order valence-electron chi connectivity index (χ4n) is 15.6.